The van der Waals surface area contributed by atoms with Gasteiger partial charge in [-0.15, -0.1) is 0 Å². The predicted octanol–water partition coefficient (Wildman–Crippen LogP) is 2.01. The Morgan fingerprint density at radius 3 is 2.79 bits per heavy atom. The van der Waals surface area contributed by atoms with E-state index in [1.54, 1.807) is 31.2 Å². The predicted molar refractivity (Wildman–Crippen MR) is 89.7 cm³/mol. The molecule has 0 aromatic heterocycles. The molecule has 1 aromatic carbocycles. The number of ether oxygens (including phenoxy) is 1. The van der Waals surface area contributed by atoms with Gasteiger partial charge in [-0.3, -0.25) is 14.4 Å². The summed E-state index contributed by atoms with van der Waals surface area (Å²) >= 11 is 6.08. The highest BCUT2D eigenvalue weighted by atomic mass is 35.5. The van der Waals surface area contributed by atoms with E-state index in [1.165, 1.54) is 4.90 Å². The van der Waals surface area contributed by atoms with Crippen LogP contribution >= 0.6 is 11.6 Å². The van der Waals surface area contributed by atoms with E-state index in [9.17, 15) is 14.4 Å². The molecule has 2 atom stereocenters. The molecule has 1 N–H and O–H groups in total. The van der Waals surface area contributed by atoms with Crippen molar-refractivity contribution in [3.63, 3.8) is 0 Å². The molecule has 1 aliphatic heterocycles. The van der Waals surface area contributed by atoms with Gasteiger partial charge in [-0.25, -0.2) is 0 Å². The van der Waals surface area contributed by atoms with Crippen molar-refractivity contribution in [3.05, 3.63) is 34.9 Å². The maximum absolute atomic E-state index is 12.7. The molecule has 130 valence electrons. The van der Waals surface area contributed by atoms with Crippen LogP contribution in [-0.4, -0.2) is 47.9 Å². The summed E-state index contributed by atoms with van der Waals surface area (Å²) in [5.41, 5.74) is 0.314. The fourth-order valence-electron chi connectivity index (χ4n) is 2.46. The number of rotatable bonds is 5. The van der Waals surface area contributed by atoms with Crippen molar-refractivity contribution in [2.45, 2.75) is 38.8 Å². The van der Waals surface area contributed by atoms with E-state index < -0.39 is 12.0 Å². The SMILES string of the molecule is CCC(C)OC(=O)CC1C(=O)NCCN1C(=O)c1ccccc1Cl. The molecule has 1 aromatic rings. The summed E-state index contributed by atoms with van der Waals surface area (Å²) in [7, 11) is 0. The Balaban J connectivity index is 2.17. The van der Waals surface area contributed by atoms with Gasteiger partial charge < -0.3 is 15.0 Å². The first kappa shape index (κ1) is 18.3. The van der Waals surface area contributed by atoms with Crippen LogP contribution in [0.5, 0.6) is 0 Å². The fraction of sp³-hybridized carbons (Fsp3) is 0.471. The minimum absolute atomic E-state index is 0.174. The normalized spacial score (nSPS) is 18.7. The average molecular weight is 353 g/mol. The first-order valence-electron chi connectivity index (χ1n) is 7.96. The number of piperazine rings is 1. The molecule has 0 radical (unpaired) electrons. The first-order valence-corrected chi connectivity index (χ1v) is 8.34. The minimum Gasteiger partial charge on any atom is -0.463 e. The molecule has 2 amide bonds. The summed E-state index contributed by atoms with van der Waals surface area (Å²) in [6.45, 7) is 4.34. The third-order valence-corrected chi connectivity index (χ3v) is 4.29. The lowest BCUT2D eigenvalue weighted by Crippen LogP contribution is -2.58. The number of esters is 1. The second-order valence-electron chi connectivity index (χ2n) is 5.70. The number of carbonyl (C=O) groups is 3. The van der Waals surface area contributed by atoms with Gasteiger partial charge in [0.2, 0.25) is 5.91 Å². The Bertz CT molecular complexity index is 635. The molecular weight excluding hydrogens is 332 g/mol. The van der Waals surface area contributed by atoms with Crippen molar-refractivity contribution in [1.82, 2.24) is 10.2 Å². The smallest absolute Gasteiger partial charge is 0.308 e. The number of nitrogens with zero attached hydrogens (tertiary/aromatic N) is 1. The van der Waals surface area contributed by atoms with E-state index in [2.05, 4.69) is 5.32 Å². The lowest BCUT2D eigenvalue weighted by Gasteiger charge is -2.35. The zero-order valence-electron chi connectivity index (χ0n) is 13.8. The first-order chi connectivity index (χ1) is 11.4. The fourth-order valence-corrected chi connectivity index (χ4v) is 2.68. The van der Waals surface area contributed by atoms with Crippen LogP contribution in [0.25, 0.3) is 0 Å². The molecule has 2 unspecified atom stereocenters. The molecule has 1 heterocycles. The molecule has 0 bridgehead atoms. The van der Waals surface area contributed by atoms with Gasteiger partial charge in [0.05, 0.1) is 23.1 Å². The lowest BCUT2D eigenvalue weighted by atomic mass is 10.1. The monoisotopic (exact) mass is 352 g/mol. The highest BCUT2D eigenvalue weighted by molar-refractivity contribution is 6.33. The second kappa shape index (κ2) is 8.15. The summed E-state index contributed by atoms with van der Waals surface area (Å²) in [4.78, 5) is 38.3. The Labute approximate surface area is 146 Å². The molecule has 6 nitrogen and oxygen atoms in total. The Morgan fingerprint density at radius 1 is 1.42 bits per heavy atom. The lowest BCUT2D eigenvalue weighted by molar-refractivity contribution is -0.151. The van der Waals surface area contributed by atoms with Crippen molar-refractivity contribution in [3.8, 4) is 0 Å². The van der Waals surface area contributed by atoms with Gasteiger partial charge in [0.25, 0.3) is 5.91 Å². The van der Waals surface area contributed by atoms with Gasteiger partial charge in [-0.2, -0.15) is 0 Å². The van der Waals surface area contributed by atoms with Crippen molar-refractivity contribution >= 4 is 29.4 Å². The van der Waals surface area contributed by atoms with Crippen molar-refractivity contribution in [1.29, 1.82) is 0 Å². The van der Waals surface area contributed by atoms with Crippen molar-refractivity contribution in [2.75, 3.05) is 13.1 Å². The molecule has 24 heavy (non-hydrogen) atoms. The van der Waals surface area contributed by atoms with Crippen molar-refractivity contribution in [2.24, 2.45) is 0 Å². The second-order valence-corrected chi connectivity index (χ2v) is 6.11. The standard InChI is InChI=1S/C17H21ClN2O4/c1-3-11(2)24-15(21)10-14-16(22)19-8-9-20(14)17(23)12-6-4-5-7-13(12)18/h4-7,11,14H,3,8-10H2,1-2H3,(H,19,22). The maximum atomic E-state index is 12.7. The number of hydrogen-bond donors (Lipinski definition) is 1. The summed E-state index contributed by atoms with van der Waals surface area (Å²) < 4.78 is 5.23. The maximum Gasteiger partial charge on any atom is 0.308 e. The molecule has 0 saturated carbocycles. The Morgan fingerprint density at radius 2 is 2.12 bits per heavy atom. The molecule has 1 fully saturated rings. The number of benzene rings is 1. The van der Waals surface area contributed by atoms with Gasteiger partial charge in [0.15, 0.2) is 0 Å². The average Bonchev–Trinajstić information content (AvgIpc) is 2.56. The number of hydrogen-bond acceptors (Lipinski definition) is 4. The van der Waals surface area contributed by atoms with Crippen LogP contribution in [0.2, 0.25) is 5.02 Å². The van der Waals surface area contributed by atoms with Crippen LogP contribution in [0.15, 0.2) is 24.3 Å². The third-order valence-electron chi connectivity index (χ3n) is 3.96. The molecule has 1 aliphatic rings. The van der Waals surface area contributed by atoms with E-state index in [0.717, 1.165) is 0 Å². The molecule has 0 aliphatic carbocycles. The molecular formula is C17H21ClN2O4. The van der Waals surface area contributed by atoms with Crippen LogP contribution in [0, 0.1) is 0 Å². The van der Waals surface area contributed by atoms with Crippen LogP contribution in [0.1, 0.15) is 37.0 Å². The number of carbonyl (C=O) groups excluding carboxylic acids is 3. The highest BCUT2D eigenvalue weighted by Gasteiger charge is 2.36. The summed E-state index contributed by atoms with van der Waals surface area (Å²) in [5, 5.41) is 3.00. The topological polar surface area (TPSA) is 75.7 Å². The Hall–Kier alpha value is -2.08. The quantitative estimate of drug-likeness (QED) is 0.822. The van der Waals surface area contributed by atoms with E-state index in [0.29, 0.717) is 30.1 Å². The third kappa shape index (κ3) is 4.26. The molecule has 1 saturated heterocycles. The minimum atomic E-state index is -0.890. The van der Waals surface area contributed by atoms with E-state index in [-0.39, 0.29) is 24.3 Å². The number of amides is 2. The summed E-state index contributed by atoms with van der Waals surface area (Å²) in [5.74, 6) is -1.22. The number of halogens is 1. The number of nitrogens with one attached hydrogen (secondary N) is 1. The Kier molecular flexibility index (Phi) is 6.20. The van der Waals surface area contributed by atoms with Crippen LogP contribution in [-0.2, 0) is 14.3 Å². The van der Waals surface area contributed by atoms with E-state index in [1.807, 2.05) is 6.92 Å². The summed E-state index contributed by atoms with van der Waals surface area (Å²) in [6.07, 6.45) is 0.286. The van der Waals surface area contributed by atoms with Gasteiger partial charge >= 0.3 is 5.97 Å². The molecule has 2 rings (SSSR count). The van der Waals surface area contributed by atoms with Crippen LogP contribution in [0.4, 0.5) is 0 Å². The molecule has 7 heteroatoms. The van der Waals surface area contributed by atoms with Crippen LogP contribution < -0.4 is 5.32 Å². The zero-order valence-corrected chi connectivity index (χ0v) is 14.5. The van der Waals surface area contributed by atoms with Gasteiger partial charge in [0, 0.05) is 13.1 Å². The van der Waals surface area contributed by atoms with E-state index in [4.69, 9.17) is 16.3 Å². The summed E-state index contributed by atoms with van der Waals surface area (Å²) in [6, 6.07) is 5.76. The van der Waals surface area contributed by atoms with Crippen molar-refractivity contribution < 1.29 is 19.1 Å². The zero-order chi connectivity index (χ0) is 17.7. The van der Waals surface area contributed by atoms with Gasteiger partial charge in [0.1, 0.15) is 6.04 Å². The van der Waals surface area contributed by atoms with E-state index >= 15 is 0 Å². The highest BCUT2D eigenvalue weighted by Crippen LogP contribution is 2.20. The van der Waals surface area contributed by atoms with Gasteiger partial charge in [-0.05, 0) is 25.5 Å². The largest absolute Gasteiger partial charge is 0.463 e. The van der Waals surface area contributed by atoms with Crippen LogP contribution in [0.3, 0.4) is 0 Å². The molecule has 0 spiro atoms. The van der Waals surface area contributed by atoms with Gasteiger partial charge in [-0.1, -0.05) is 30.7 Å².